The fourth-order valence-electron chi connectivity index (χ4n) is 2.56. The summed E-state index contributed by atoms with van der Waals surface area (Å²) in [5.74, 6) is 0.494. The second-order valence-corrected chi connectivity index (χ2v) is 4.76. The van der Waals surface area contributed by atoms with Crippen molar-refractivity contribution in [2.75, 3.05) is 19.6 Å². The number of hydrogen-bond acceptors (Lipinski definition) is 4. The number of ketones is 1. The molecule has 2 N–H and O–H groups in total. The molecule has 0 aromatic rings. The van der Waals surface area contributed by atoms with Crippen molar-refractivity contribution in [2.24, 2.45) is 5.92 Å². The molecule has 0 radical (unpaired) electrons. The van der Waals surface area contributed by atoms with Crippen molar-refractivity contribution in [3.05, 3.63) is 0 Å². The minimum Gasteiger partial charge on any atom is -0.389 e. The van der Waals surface area contributed by atoms with E-state index in [1.165, 1.54) is 0 Å². The maximum absolute atomic E-state index is 11.6. The lowest BCUT2D eigenvalue weighted by Gasteiger charge is -2.25. The average Bonchev–Trinajstić information content (AvgIpc) is 2.50. The van der Waals surface area contributed by atoms with Gasteiger partial charge in [0.1, 0.15) is 5.78 Å². The maximum Gasteiger partial charge on any atom is 0.137 e. The Morgan fingerprint density at radius 3 is 2.47 bits per heavy atom. The predicted molar refractivity (Wildman–Crippen MR) is 55.4 cm³/mol. The van der Waals surface area contributed by atoms with E-state index in [0.717, 1.165) is 19.3 Å². The van der Waals surface area contributed by atoms with Crippen LogP contribution in [0.5, 0.6) is 0 Å². The molecule has 1 saturated heterocycles. The number of aliphatic hydroxyl groups is 2. The van der Waals surface area contributed by atoms with Crippen LogP contribution in [0.15, 0.2) is 0 Å². The Bertz CT molecular complexity index is 234. The molecular formula is C11H19NO3. The predicted octanol–water partition coefficient (Wildman–Crippen LogP) is -0.217. The zero-order valence-electron chi connectivity index (χ0n) is 8.93. The standard InChI is InChI=1S/C11H19NO3/c13-9-4-2-1-3-8(9)5-12-6-10(14)11(15)7-12/h8,10-11,14-15H,1-7H2. The highest BCUT2D eigenvalue weighted by Gasteiger charge is 2.32. The first kappa shape index (κ1) is 11.0. The van der Waals surface area contributed by atoms with Gasteiger partial charge in [0, 0.05) is 32.0 Å². The molecular weight excluding hydrogens is 194 g/mol. The highest BCUT2D eigenvalue weighted by Crippen LogP contribution is 2.23. The molecule has 0 aromatic carbocycles. The SMILES string of the molecule is O=C1CCCCC1CN1CC(O)C(O)C1. The van der Waals surface area contributed by atoms with Crippen LogP contribution in [0, 0.1) is 5.92 Å². The Kier molecular flexibility index (Phi) is 3.38. The molecule has 86 valence electrons. The van der Waals surface area contributed by atoms with Gasteiger partial charge in [0.25, 0.3) is 0 Å². The minimum atomic E-state index is -0.635. The summed E-state index contributed by atoms with van der Waals surface area (Å²) in [5.41, 5.74) is 0. The van der Waals surface area contributed by atoms with E-state index in [9.17, 15) is 15.0 Å². The van der Waals surface area contributed by atoms with Gasteiger partial charge in [-0.3, -0.25) is 9.69 Å². The van der Waals surface area contributed by atoms with Gasteiger partial charge in [-0.1, -0.05) is 6.42 Å². The monoisotopic (exact) mass is 213 g/mol. The van der Waals surface area contributed by atoms with Gasteiger partial charge in [0.15, 0.2) is 0 Å². The zero-order chi connectivity index (χ0) is 10.8. The van der Waals surface area contributed by atoms with Crippen LogP contribution >= 0.6 is 0 Å². The molecule has 1 aliphatic heterocycles. The van der Waals surface area contributed by atoms with Gasteiger partial charge in [0.05, 0.1) is 12.2 Å². The molecule has 1 aliphatic carbocycles. The summed E-state index contributed by atoms with van der Waals surface area (Å²) in [6.07, 6.45) is 2.58. The molecule has 2 rings (SSSR count). The summed E-state index contributed by atoms with van der Waals surface area (Å²) in [5, 5.41) is 18.8. The lowest BCUT2D eigenvalue weighted by Crippen LogP contribution is -2.34. The molecule has 1 saturated carbocycles. The summed E-state index contributed by atoms with van der Waals surface area (Å²) in [6.45, 7) is 1.73. The molecule has 4 heteroatoms. The summed E-state index contributed by atoms with van der Waals surface area (Å²) < 4.78 is 0. The van der Waals surface area contributed by atoms with E-state index >= 15 is 0 Å². The lowest BCUT2D eigenvalue weighted by molar-refractivity contribution is -0.125. The van der Waals surface area contributed by atoms with Gasteiger partial charge in [-0.05, 0) is 12.8 Å². The van der Waals surface area contributed by atoms with E-state index in [2.05, 4.69) is 0 Å². The Labute approximate surface area is 89.9 Å². The van der Waals surface area contributed by atoms with Gasteiger partial charge < -0.3 is 10.2 Å². The van der Waals surface area contributed by atoms with Crippen LogP contribution in [0.1, 0.15) is 25.7 Å². The highest BCUT2D eigenvalue weighted by molar-refractivity contribution is 5.81. The molecule has 3 atom stereocenters. The van der Waals surface area contributed by atoms with Crippen molar-refractivity contribution in [1.82, 2.24) is 4.90 Å². The third-order valence-corrected chi connectivity index (χ3v) is 3.49. The summed E-state index contributed by atoms with van der Waals surface area (Å²) >= 11 is 0. The summed E-state index contributed by atoms with van der Waals surface area (Å²) in [4.78, 5) is 13.6. The Morgan fingerprint density at radius 2 is 1.87 bits per heavy atom. The third-order valence-electron chi connectivity index (χ3n) is 3.49. The van der Waals surface area contributed by atoms with Crippen LogP contribution in [0.2, 0.25) is 0 Å². The Morgan fingerprint density at radius 1 is 1.20 bits per heavy atom. The normalized spacial score (nSPS) is 38.5. The number of hydrogen-bond donors (Lipinski definition) is 2. The second kappa shape index (κ2) is 4.60. The maximum atomic E-state index is 11.6. The molecule has 15 heavy (non-hydrogen) atoms. The number of carbonyl (C=O) groups is 1. The molecule has 0 aromatic heterocycles. The fourth-order valence-corrected chi connectivity index (χ4v) is 2.56. The van der Waals surface area contributed by atoms with E-state index in [1.807, 2.05) is 4.90 Å². The first-order valence-electron chi connectivity index (χ1n) is 5.78. The van der Waals surface area contributed by atoms with Gasteiger partial charge in [-0.2, -0.15) is 0 Å². The van der Waals surface area contributed by atoms with Crippen LogP contribution in [-0.2, 0) is 4.79 Å². The average molecular weight is 213 g/mol. The number of carbonyl (C=O) groups excluding carboxylic acids is 1. The number of likely N-dealkylation sites (tertiary alicyclic amines) is 1. The van der Waals surface area contributed by atoms with Crippen molar-refractivity contribution in [3.8, 4) is 0 Å². The molecule has 2 aliphatic rings. The van der Waals surface area contributed by atoms with Gasteiger partial charge >= 0.3 is 0 Å². The van der Waals surface area contributed by atoms with E-state index in [1.54, 1.807) is 0 Å². The first-order chi connectivity index (χ1) is 7.16. The zero-order valence-corrected chi connectivity index (χ0v) is 8.93. The van der Waals surface area contributed by atoms with Gasteiger partial charge in [-0.15, -0.1) is 0 Å². The Balaban J connectivity index is 1.84. The van der Waals surface area contributed by atoms with E-state index in [-0.39, 0.29) is 5.92 Å². The molecule has 0 spiro atoms. The largest absolute Gasteiger partial charge is 0.389 e. The van der Waals surface area contributed by atoms with Crippen LogP contribution in [-0.4, -0.2) is 52.7 Å². The molecule has 4 nitrogen and oxygen atoms in total. The fraction of sp³-hybridized carbons (Fsp3) is 0.909. The second-order valence-electron chi connectivity index (χ2n) is 4.76. The van der Waals surface area contributed by atoms with Crippen molar-refractivity contribution < 1.29 is 15.0 Å². The van der Waals surface area contributed by atoms with Crippen LogP contribution < -0.4 is 0 Å². The number of aliphatic hydroxyl groups excluding tert-OH is 2. The summed E-state index contributed by atoms with van der Waals surface area (Å²) in [6, 6.07) is 0. The number of β-amino-alcohol motifs (C(OH)–C–C–N with tert-alkyl or cyclic N) is 2. The number of rotatable bonds is 2. The van der Waals surface area contributed by atoms with Crippen LogP contribution in [0.3, 0.4) is 0 Å². The van der Waals surface area contributed by atoms with E-state index < -0.39 is 12.2 Å². The Hall–Kier alpha value is -0.450. The quantitative estimate of drug-likeness (QED) is 0.666. The van der Waals surface area contributed by atoms with Crippen molar-refractivity contribution in [3.63, 3.8) is 0 Å². The third kappa shape index (κ3) is 2.56. The van der Waals surface area contributed by atoms with Crippen LogP contribution in [0.25, 0.3) is 0 Å². The summed E-state index contributed by atoms with van der Waals surface area (Å²) in [7, 11) is 0. The topological polar surface area (TPSA) is 60.8 Å². The smallest absolute Gasteiger partial charge is 0.137 e. The number of nitrogens with zero attached hydrogens (tertiary/aromatic N) is 1. The first-order valence-corrected chi connectivity index (χ1v) is 5.78. The molecule has 2 fully saturated rings. The van der Waals surface area contributed by atoms with Gasteiger partial charge in [0.2, 0.25) is 0 Å². The van der Waals surface area contributed by atoms with E-state index in [4.69, 9.17) is 0 Å². The van der Waals surface area contributed by atoms with Crippen molar-refractivity contribution >= 4 is 5.78 Å². The molecule has 0 amide bonds. The number of Topliss-reactive ketones (excluding diaryl/α,β-unsaturated/α-hetero) is 1. The van der Waals surface area contributed by atoms with Crippen molar-refractivity contribution in [1.29, 1.82) is 0 Å². The minimum absolute atomic E-state index is 0.135. The lowest BCUT2D eigenvalue weighted by atomic mass is 9.88. The highest BCUT2D eigenvalue weighted by atomic mass is 16.3. The van der Waals surface area contributed by atoms with Crippen molar-refractivity contribution in [2.45, 2.75) is 37.9 Å². The molecule has 3 unspecified atom stereocenters. The van der Waals surface area contributed by atoms with E-state index in [0.29, 0.717) is 31.8 Å². The molecule has 0 bridgehead atoms. The molecule has 1 heterocycles. The van der Waals surface area contributed by atoms with Gasteiger partial charge in [-0.25, -0.2) is 0 Å². The van der Waals surface area contributed by atoms with Crippen LogP contribution in [0.4, 0.5) is 0 Å².